The number of hydrogen-bond acceptors (Lipinski definition) is 14. The van der Waals surface area contributed by atoms with Crippen LogP contribution in [0.4, 0.5) is 10.5 Å². The molecule has 4 atom stereocenters. The second-order valence-electron chi connectivity index (χ2n) is 11.6. The standard InChI is InChI=1S/C29H33N5O12/c1-12(2)24(36)41-11-20-22(46-25(37)13(3)4)29(6,40)26(44-20)34-9-16-17(7-15-21(16)18(33-34)8-30-32-23(15)35)31-27(38)42-10-19-14(5)43-28(39)45-19/h7-9,12-13,20,22,26,40H,10-11H2,1-6H3,(H,31,38)(H,32,35). The average molecular weight is 644 g/mol. The van der Waals surface area contributed by atoms with Crippen LogP contribution in [0, 0.1) is 18.8 Å². The molecule has 4 heterocycles. The number of nitrogens with one attached hydrogen (secondary N) is 2. The van der Waals surface area contributed by atoms with Gasteiger partial charge in [0.25, 0.3) is 5.56 Å². The van der Waals surface area contributed by atoms with Crippen molar-refractivity contribution in [2.45, 2.75) is 72.2 Å². The largest absolute Gasteiger partial charge is 0.519 e. The number of rotatable bonds is 9. The van der Waals surface area contributed by atoms with Crippen LogP contribution in [-0.4, -0.2) is 67.5 Å². The van der Waals surface area contributed by atoms with E-state index >= 15 is 0 Å². The number of H-pyrrole nitrogens is 1. The molecule has 1 aliphatic heterocycles. The molecule has 17 heteroatoms. The van der Waals surface area contributed by atoms with E-state index in [0.29, 0.717) is 5.39 Å². The molecule has 5 rings (SSSR count). The number of hydrogen-bond donors (Lipinski definition) is 3. The molecule has 3 N–H and O–H groups in total. The highest BCUT2D eigenvalue weighted by Gasteiger charge is 2.57. The molecule has 0 saturated carbocycles. The van der Waals surface area contributed by atoms with E-state index in [1.54, 1.807) is 27.7 Å². The SMILES string of the molecule is Cc1oc(=O)oc1COC(=O)Nc1cc2c(=O)[nH]ncc3nn(C4OC(COC(=O)C(C)C)C(OC(=O)C(C)C)C4(C)O)cc1c32. The fourth-order valence-corrected chi connectivity index (χ4v) is 4.94. The molecule has 3 aromatic heterocycles. The third kappa shape index (κ3) is 6.23. The van der Waals surface area contributed by atoms with Gasteiger partial charge >= 0.3 is 23.9 Å². The first-order valence-corrected chi connectivity index (χ1v) is 14.3. The van der Waals surface area contributed by atoms with Gasteiger partial charge in [-0.2, -0.15) is 10.2 Å². The van der Waals surface area contributed by atoms with Crippen LogP contribution < -0.4 is 16.7 Å². The summed E-state index contributed by atoms with van der Waals surface area (Å²) >= 11 is 0. The van der Waals surface area contributed by atoms with Gasteiger partial charge in [0.2, 0.25) is 0 Å². The number of aromatic amines is 1. The summed E-state index contributed by atoms with van der Waals surface area (Å²) in [6, 6.07) is 1.39. The first kappa shape index (κ1) is 32.4. The lowest BCUT2D eigenvalue weighted by Gasteiger charge is -2.30. The number of aliphatic hydroxyl groups is 1. The minimum atomic E-state index is -1.91. The van der Waals surface area contributed by atoms with Gasteiger partial charge in [-0.15, -0.1) is 0 Å². The van der Waals surface area contributed by atoms with E-state index in [1.807, 2.05) is 0 Å². The van der Waals surface area contributed by atoms with Crippen LogP contribution in [-0.2, 0) is 35.1 Å². The lowest BCUT2D eigenvalue weighted by molar-refractivity contribution is -0.169. The minimum Gasteiger partial charge on any atom is -0.463 e. The van der Waals surface area contributed by atoms with Crippen LogP contribution in [0.5, 0.6) is 0 Å². The maximum Gasteiger partial charge on any atom is 0.519 e. The number of aryl methyl sites for hydroxylation is 1. The summed E-state index contributed by atoms with van der Waals surface area (Å²) in [6.07, 6.45) is -1.92. The molecule has 246 valence electrons. The lowest BCUT2D eigenvalue weighted by Crippen LogP contribution is -2.48. The fourth-order valence-electron chi connectivity index (χ4n) is 4.94. The van der Waals surface area contributed by atoms with E-state index in [-0.39, 0.29) is 40.1 Å². The third-order valence-electron chi connectivity index (χ3n) is 7.40. The number of aromatic nitrogens is 4. The topological polar surface area (TPSA) is 227 Å². The Labute approximate surface area is 259 Å². The monoisotopic (exact) mass is 643 g/mol. The molecular weight excluding hydrogens is 610 g/mol. The summed E-state index contributed by atoms with van der Waals surface area (Å²) in [6.45, 7) is 8.69. The van der Waals surface area contributed by atoms with Crippen molar-refractivity contribution in [3.63, 3.8) is 0 Å². The predicted molar refractivity (Wildman–Crippen MR) is 156 cm³/mol. The highest BCUT2D eigenvalue weighted by atomic mass is 16.6. The second kappa shape index (κ2) is 12.4. The van der Waals surface area contributed by atoms with Gasteiger partial charge in [0.15, 0.2) is 30.5 Å². The van der Waals surface area contributed by atoms with Gasteiger partial charge in [-0.05, 0) is 19.9 Å². The Morgan fingerprint density at radius 3 is 2.48 bits per heavy atom. The van der Waals surface area contributed by atoms with Gasteiger partial charge in [0.1, 0.15) is 23.8 Å². The number of carbonyl (C=O) groups is 3. The Bertz CT molecular complexity index is 1920. The molecule has 0 radical (unpaired) electrons. The molecule has 46 heavy (non-hydrogen) atoms. The normalized spacial score (nSPS) is 21.3. The van der Waals surface area contributed by atoms with Crippen molar-refractivity contribution >= 4 is 45.4 Å². The lowest BCUT2D eigenvalue weighted by atomic mass is 9.96. The van der Waals surface area contributed by atoms with Gasteiger partial charge in [0, 0.05) is 17.0 Å². The molecule has 1 saturated heterocycles. The Morgan fingerprint density at radius 1 is 1.11 bits per heavy atom. The van der Waals surface area contributed by atoms with Crippen molar-refractivity contribution in [2.75, 3.05) is 11.9 Å². The van der Waals surface area contributed by atoms with E-state index in [0.717, 1.165) is 0 Å². The Hall–Kier alpha value is -5.03. The van der Waals surface area contributed by atoms with Gasteiger partial charge in [-0.25, -0.2) is 19.4 Å². The zero-order valence-corrected chi connectivity index (χ0v) is 25.8. The summed E-state index contributed by atoms with van der Waals surface area (Å²) < 4.78 is 33.2. The summed E-state index contributed by atoms with van der Waals surface area (Å²) in [7, 11) is 0. The summed E-state index contributed by atoms with van der Waals surface area (Å²) in [5.41, 5.74) is -2.19. The molecular formula is C29H33N5O12. The van der Waals surface area contributed by atoms with E-state index in [2.05, 4.69) is 20.6 Å². The second-order valence-corrected chi connectivity index (χ2v) is 11.6. The average Bonchev–Trinajstić information content (AvgIpc) is 3.55. The molecule has 1 fully saturated rings. The predicted octanol–water partition coefficient (Wildman–Crippen LogP) is 2.29. The molecule has 4 aromatic rings. The number of amides is 1. The highest BCUT2D eigenvalue weighted by Crippen LogP contribution is 2.42. The molecule has 0 aliphatic carbocycles. The molecule has 4 unspecified atom stereocenters. The van der Waals surface area contributed by atoms with Gasteiger partial charge in [-0.1, -0.05) is 27.7 Å². The zero-order chi connectivity index (χ0) is 33.5. The molecule has 1 aromatic carbocycles. The van der Waals surface area contributed by atoms with Crippen molar-refractivity contribution in [1.29, 1.82) is 0 Å². The number of nitrogens with zero attached hydrogens (tertiary/aromatic N) is 3. The van der Waals surface area contributed by atoms with Crippen molar-refractivity contribution in [2.24, 2.45) is 11.8 Å². The smallest absolute Gasteiger partial charge is 0.463 e. The number of esters is 2. The van der Waals surface area contributed by atoms with E-state index in [9.17, 15) is 29.1 Å². The maximum atomic E-state index is 12.8. The fraction of sp³-hybridized carbons (Fsp3) is 0.483. The van der Waals surface area contributed by atoms with Crippen molar-refractivity contribution in [1.82, 2.24) is 20.0 Å². The van der Waals surface area contributed by atoms with Crippen LogP contribution in [0.2, 0.25) is 0 Å². The quantitative estimate of drug-likeness (QED) is 0.176. The van der Waals surface area contributed by atoms with Crippen molar-refractivity contribution in [3.8, 4) is 0 Å². The zero-order valence-electron chi connectivity index (χ0n) is 25.8. The van der Waals surface area contributed by atoms with E-state index in [4.69, 9.17) is 27.8 Å². The van der Waals surface area contributed by atoms with Gasteiger partial charge in [0.05, 0.1) is 29.1 Å². The Morgan fingerprint density at radius 2 is 1.83 bits per heavy atom. The van der Waals surface area contributed by atoms with Crippen LogP contribution in [0.15, 0.2) is 36.9 Å². The molecule has 0 bridgehead atoms. The van der Waals surface area contributed by atoms with Gasteiger partial charge < -0.3 is 32.9 Å². The number of carbonyl (C=O) groups excluding carboxylic acids is 3. The number of anilines is 1. The maximum absolute atomic E-state index is 12.8. The summed E-state index contributed by atoms with van der Waals surface area (Å²) in [4.78, 5) is 61.7. The minimum absolute atomic E-state index is 0.0180. The molecule has 17 nitrogen and oxygen atoms in total. The van der Waals surface area contributed by atoms with Crippen LogP contribution in [0.1, 0.15) is 52.4 Å². The molecule has 0 spiro atoms. The van der Waals surface area contributed by atoms with Crippen molar-refractivity contribution in [3.05, 3.63) is 51.0 Å². The molecule has 1 amide bonds. The van der Waals surface area contributed by atoms with Crippen LogP contribution in [0.25, 0.3) is 21.7 Å². The van der Waals surface area contributed by atoms with Crippen LogP contribution >= 0.6 is 0 Å². The highest BCUT2D eigenvalue weighted by molar-refractivity contribution is 6.16. The van der Waals surface area contributed by atoms with E-state index < -0.39 is 71.9 Å². The van der Waals surface area contributed by atoms with Crippen LogP contribution in [0.3, 0.4) is 0 Å². The summed E-state index contributed by atoms with van der Waals surface area (Å²) in [5, 5.41) is 25.9. The van der Waals surface area contributed by atoms with Gasteiger partial charge in [-0.3, -0.25) is 19.7 Å². The summed E-state index contributed by atoms with van der Waals surface area (Å²) in [5.74, 6) is -2.87. The Balaban J connectivity index is 1.52. The Kier molecular flexibility index (Phi) is 8.72. The molecule has 1 aliphatic rings. The number of ether oxygens (including phenoxy) is 4. The van der Waals surface area contributed by atoms with E-state index in [1.165, 1.54) is 37.0 Å². The first-order chi connectivity index (χ1) is 21.7. The first-order valence-electron chi connectivity index (χ1n) is 14.3. The van der Waals surface area contributed by atoms with Crippen molar-refractivity contribution < 1.29 is 47.3 Å². The third-order valence-corrected chi connectivity index (χ3v) is 7.40.